The quantitative estimate of drug-likeness (QED) is 0.752. The van der Waals surface area contributed by atoms with Gasteiger partial charge in [-0.25, -0.2) is 0 Å². The summed E-state index contributed by atoms with van der Waals surface area (Å²) in [5.74, 6) is 0. The number of benzene rings is 1. The van der Waals surface area contributed by atoms with Gasteiger partial charge in [0.05, 0.1) is 0 Å². The first-order chi connectivity index (χ1) is 7.59. The second-order valence-corrected chi connectivity index (χ2v) is 5.04. The molecule has 2 rings (SSSR count). The first kappa shape index (κ1) is 11.4. The highest BCUT2D eigenvalue weighted by Gasteiger charge is 2.28. The van der Waals surface area contributed by atoms with Crippen molar-refractivity contribution >= 4 is 23.0 Å². The van der Waals surface area contributed by atoms with Crippen LogP contribution in [0.2, 0.25) is 0 Å². The van der Waals surface area contributed by atoms with Crippen molar-refractivity contribution in [2.45, 2.75) is 39.3 Å². The van der Waals surface area contributed by atoms with Gasteiger partial charge in [-0.05, 0) is 51.0 Å². The third kappa shape index (κ3) is 2.05. The Bertz CT molecular complexity index is 401. The van der Waals surface area contributed by atoms with Gasteiger partial charge >= 0.3 is 0 Å². The molecule has 0 amide bonds. The standard InChI is InChI=1S/C13H18N2S/c1-9(2)14-13(16)15-10(3)8-11-6-4-5-7-12(11)15/h4-7,9-10H,8H2,1-3H3,(H,14,16)/t10-/m1/s1. The lowest BCUT2D eigenvalue weighted by Crippen LogP contribution is -2.45. The molecule has 0 bridgehead atoms. The summed E-state index contributed by atoms with van der Waals surface area (Å²) in [6, 6.07) is 9.33. The molecule has 0 radical (unpaired) electrons. The fraction of sp³-hybridized carbons (Fsp3) is 0.462. The van der Waals surface area contributed by atoms with Gasteiger partial charge in [0, 0.05) is 17.8 Å². The van der Waals surface area contributed by atoms with Crippen LogP contribution in [0.3, 0.4) is 0 Å². The van der Waals surface area contributed by atoms with Gasteiger partial charge in [-0.15, -0.1) is 0 Å². The van der Waals surface area contributed by atoms with Crippen molar-refractivity contribution in [1.82, 2.24) is 5.32 Å². The lowest BCUT2D eigenvalue weighted by molar-refractivity contribution is 0.703. The molecule has 0 spiro atoms. The molecule has 0 fully saturated rings. The Morgan fingerprint density at radius 3 is 2.81 bits per heavy atom. The molecule has 16 heavy (non-hydrogen) atoms. The molecule has 0 saturated heterocycles. The van der Waals surface area contributed by atoms with Crippen LogP contribution in [0.4, 0.5) is 5.69 Å². The smallest absolute Gasteiger partial charge is 0.173 e. The predicted molar refractivity (Wildman–Crippen MR) is 73.0 cm³/mol. The van der Waals surface area contributed by atoms with E-state index in [0.717, 1.165) is 11.5 Å². The summed E-state index contributed by atoms with van der Waals surface area (Å²) in [7, 11) is 0. The second-order valence-electron chi connectivity index (χ2n) is 4.66. The highest BCUT2D eigenvalue weighted by molar-refractivity contribution is 7.80. The minimum atomic E-state index is 0.382. The van der Waals surface area contributed by atoms with Crippen molar-refractivity contribution in [3.8, 4) is 0 Å². The van der Waals surface area contributed by atoms with E-state index < -0.39 is 0 Å². The van der Waals surface area contributed by atoms with Crippen LogP contribution in [0.25, 0.3) is 0 Å². The molecule has 0 aliphatic carbocycles. The molecule has 0 aromatic heterocycles. The molecule has 1 N–H and O–H groups in total. The SMILES string of the molecule is CC(C)NC(=S)N1c2ccccc2C[C@H]1C. The molecule has 0 unspecified atom stereocenters. The zero-order chi connectivity index (χ0) is 11.7. The molecule has 1 aliphatic rings. The maximum absolute atomic E-state index is 5.46. The van der Waals surface area contributed by atoms with Crippen LogP contribution in [0.1, 0.15) is 26.3 Å². The van der Waals surface area contributed by atoms with E-state index in [4.69, 9.17) is 12.2 Å². The van der Waals surface area contributed by atoms with Crippen molar-refractivity contribution < 1.29 is 0 Å². The fourth-order valence-corrected chi connectivity index (χ4v) is 2.71. The monoisotopic (exact) mass is 234 g/mol. The van der Waals surface area contributed by atoms with E-state index in [-0.39, 0.29) is 0 Å². The Hall–Kier alpha value is -1.09. The molecular weight excluding hydrogens is 216 g/mol. The number of para-hydroxylation sites is 1. The van der Waals surface area contributed by atoms with Crippen molar-refractivity contribution in [3.05, 3.63) is 29.8 Å². The Kier molecular flexibility index (Phi) is 3.15. The van der Waals surface area contributed by atoms with E-state index in [1.54, 1.807) is 0 Å². The lowest BCUT2D eigenvalue weighted by atomic mass is 10.1. The zero-order valence-electron chi connectivity index (χ0n) is 10.0. The number of hydrogen-bond acceptors (Lipinski definition) is 1. The molecule has 0 saturated carbocycles. The molecule has 86 valence electrons. The number of hydrogen-bond donors (Lipinski definition) is 1. The highest BCUT2D eigenvalue weighted by atomic mass is 32.1. The van der Waals surface area contributed by atoms with Gasteiger partial charge in [-0.1, -0.05) is 18.2 Å². The van der Waals surface area contributed by atoms with Crippen molar-refractivity contribution in [2.75, 3.05) is 4.90 Å². The minimum Gasteiger partial charge on any atom is -0.360 e. The lowest BCUT2D eigenvalue weighted by Gasteiger charge is -2.27. The molecule has 1 atom stereocenters. The molecule has 3 heteroatoms. The molecule has 1 aromatic rings. The topological polar surface area (TPSA) is 15.3 Å². The molecule has 1 aromatic carbocycles. The van der Waals surface area contributed by atoms with E-state index in [9.17, 15) is 0 Å². The second kappa shape index (κ2) is 4.42. The normalized spacial score (nSPS) is 18.8. The zero-order valence-corrected chi connectivity index (χ0v) is 10.8. The van der Waals surface area contributed by atoms with Gasteiger partial charge in [0.2, 0.25) is 0 Å². The Labute approximate surface area is 103 Å². The van der Waals surface area contributed by atoms with E-state index in [2.05, 4.69) is 55.3 Å². The average molecular weight is 234 g/mol. The van der Waals surface area contributed by atoms with Crippen molar-refractivity contribution in [1.29, 1.82) is 0 Å². The van der Waals surface area contributed by atoms with E-state index >= 15 is 0 Å². The number of nitrogens with one attached hydrogen (secondary N) is 1. The number of thiocarbonyl (C=S) groups is 1. The Balaban J connectivity index is 2.25. The summed E-state index contributed by atoms with van der Waals surface area (Å²) < 4.78 is 0. The van der Waals surface area contributed by atoms with E-state index in [0.29, 0.717) is 12.1 Å². The summed E-state index contributed by atoms with van der Waals surface area (Å²) in [6.45, 7) is 6.44. The molecular formula is C13H18N2S. The first-order valence-corrected chi connectivity index (χ1v) is 6.18. The summed E-state index contributed by atoms with van der Waals surface area (Å²) in [6.07, 6.45) is 1.08. The fourth-order valence-electron chi connectivity index (χ4n) is 2.19. The van der Waals surface area contributed by atoms with Gasteiger partial charge in [-0.3, -0.25) is 0 Å². The Morgan fingerprint density at radius 1 is 1.44 bits per heavy atom. The predicted octanol–water partition coefficient (Wildman–Crippen LogP) is 2.72. The minimum absolute atomic E-state index is 0.382. The number of nitrogens with zero attached hydrogens (tertiary/aromatic N) is 1. The number of rotatable bonds is 1. The maximum Gasteiger partial charge on any atom is 0.173 e. The summed E-state index contributed by atoms with van der Waals surface area (Å²) >= 11 is 5.46. The summed E-state index contributed by atoms with van der Waals surface area (Å²) in [4.78, 5) is 2.23. The van der Waals surface area contributed by atoms with Gasteiger partial charge in [0.1, 0.15) is 0 Å². The van der Waals surface area contributed by atoms with Crippen LogP contribution in [0, 0.1) is 0 Å². The third-order valence-corrected chi connectivity index (χ3v) is 3.15. The van der Waals surface area contributed by atoms with Crippen LogP contribution in [0.15, 0.2) is 24.3 Å². The largest absolute Gasteiger partial charge is 0.360 e. The van der Waals surface area contributed by atoms with Gasteiger partial charge < -0.3 is 10.2 Å². The maximum atomic E-state index is 5.46. The summed E-state index contributed by atoms with van der Waals surface area (Å²) in [5.41, 5.74) is 2.65. The van der Waals surface area contributed by atoms with Crippen LogP contribution < -0.4 is 10.2 Å². The Morgan fingerprint density at radius 2 is 2.12 bits per heavy atom. The van der Waals surface area contributed by atoms with E-state index in [1.165, 1.54) is 11.3 Å². The average Bonchev–Trinajstić information content (AvgIpc) is 2.52. The van der Waals surface area contributed by atoms with Crippen molar-refractivity contribution in [3.63, 3.8) is 0 Å². The van der Waals surface area contributed by atoms with Crippen LogP contribution in [0.5, 0.6) is 0 Å². The van der Waals surface area contributed by atoms with Crippen LogP contribution >= 0.6 is 12.2 Å². The van der Waals surface area contributed by atoms with Crippen LogP contribution in [-0.2, 0) is 6.42 Å². The van der Waals surface area contributed by atoms with Crippen LogP contribution in [-0.4, -0.2) is 17.2 Å². The molecule has 1 aliphatic heterocycles. The van der Waals surface area contributed by atoms with Gasteiger partial charge in [0.15, 0.2) is 5.11 Å². The number of anilines is 1. The van der Waals surface area contributed by atoms with Crippen molar-refractivity contribution in [2.24, 2.45) is 0 Å². The molecule has 2 nitrogen and oxygen atoms in total. The van der Waals surface area contributed by atoms with E-state index in [1.807, 2.05) is 0 Å². The first-order valence-electron chi connectivity index (χ1n) is 5.77. The summed E-state index contributed by atoms with van der Waals surface area (Å²) in [5, 5.41) is 4.15. The number of fused-ring (bicyclic) bond motifs is 1. The third-order valence-electron chi connectivity index (χ3n) is 2.84. The molecule has 1 heterocycles. The van der Waals surface area contributed by atoms with Gasteiger partial charge in [-0.2, -0.15) is 0 Å². The highest BCUT2D eigenvalue weighted by Crippen LogP contribution is 2.31. The van der Waals surface area contributed by atoms with Gasteiger partial charge in [0.25, 0.3) is 0 Å².